The van der Waals surface area contributed by atoms with Gasteiger partial charge < -0.3 is 23.5 Å². The van der Waals surface area contributed by atoms with E-state index >= 15 is 0 Å². The van der Waals surface area contributed by atoms with Crippen LogP contribution >= 0.6 is 12.2 Å². The number of hydrogen-bond donors (Lipinski definition) is 1. The summed E-state index contributed by atoms with van der Waals surface area (Å²) >= 11 is 5.40. The van der Waals surface area contributed by atoms with Crippen LogP contribution in [0, 0.1) is 4.84 Å². The number of nitrogens with one attached hydrogen (secondary N) is 1. The maximum atomic E-state index is 5.73. The molecule has 3 aromatic rings. The second-order valence-corrected chi connectivity index (χ2v) is 7.31. The standard InChI is InChI=1S/C21H23N3O4S/c1-25-17-6-4-14(5-7-17)20-22-24(21(29)28-20)13-23-9-8-15-10-18(26-2)19(27-3)11-16(15)12-23/h4-7,10-11H,8-9,12-13H2,1-3H3/p+1. The van der Waals surface area contributed by atoms with Gasteiger partial charge in [0, 0.05) is 17.5 Å². The van der Waals surface area contributed by atoms with E-state index in [1.165, 1.54) is 16.0 Å². The molecule has 0 saturated heterocycles. The van der Waals surface area contributed by atoms with Gasteiger partial charge in [0.1, 0.15) is 12.3 Å². The van der Waals surface area contributed by atoms with Gasteiger partial charge in [-0.2, -0.15) is 4.68 Å². The van der Waals surface area contributed by atoms with Gasteiger partial charge in [0.15, 0.2) is 18.2 Å². The zero-order valence-corrected chi connectivity index (χ0v) is 17.5. The highest BCUT2D eigenvalue weighted by atomic mass is 32.1. The Kier molecular flexibility index (Phi) is 5.55. The minimum atomic E-state index is 0.376. The second-order valence-electron chi connectivity index (χ2n) is 6.96. The fourth-order valence-corrected chi connectivity index (χ4v) is 3.82. The van der Waals surface area contributed by atoms with Gasteiger partial charge in [-0.15, -0.1) is 5.10 Å². The fourth-order valence-electron chi connectivity index (χ4n) is 3.63. The van der Waals surface area contributed by atoms with Crippen LogP contribution in [0.2, 0.25) is 0 Å². The van der Waals surface area contributed by atoms with Gasteiger partial charge >= 0.3 is 0 Å². The number of nitrogens with zero attached hydrogens (tertiary/aromatic N) is 2. The van der Waals surface area contributed by atoms with Crippen LogP contribution in [0.5, 0.6) is 17.2 Å². The van der Waals surface area contributed by atoms with Crippen LogP contribution in [0.3, 0.4) is 0 Å². The highest BCUT2D eigenvalue weighted by Gasteiger charge is 2.23. The summed E-state index contributed by atoms with van der Waals surface area (Å²) in [5.74, 6) is 2.83. The van der Waals surface area contributed by atoms with Crippen LogP contribution in [-0.2, 0) is 19.6 Å². The summed E-state index contributed by atoms with van der Waals surface area (Å²) in [5.41, 5.74) is 3.43. The molecule has 0 aliphatic carbocycles. The van der Waals surface area contributed by atoms with Crippen molar-refractivity contribution < 1.29 is 23.5 Å². The Morgan fingerprint density at radius 1 is 1.03 bits per heavy atom. The molecule has 0 amide bonds. The molecule has 0 saturated carbocycles. The first-order chi connectivity index (χ1) is 14.1. The van der Waals surface area contributed by atoms with E-state index in [2.05, 4.69) is 17.2 Å². The van der Waals surface area contributed by atoms with Crippen LogP contribution in [0.1, 0.15) is 11.1 Å². The lowest BCUT2D eigenvalue weighted by Gasteiger charge is -2.26. The van der Waals surface area contributed by atoms with E-state index in [9.17, 15) is 0 Å². The highest BCUT2D eigenvalue weighted by Crippen LogP contribution is 2.31. The van der Waals surface area contributed by atoms with E-state index in [1.54, 1.807) is 26.0 Å². The minimum Gasteiger partial charge on any atom is -0.497 e. The molecule has 7 nitrogen and oxygen atoms in total. The summed E-state index contributed by atoms with van der Waals surface area (Å²) in [4.78, 5) is 1.73. The van der Waals surface area contributed by atoms with Crippen molar-refractivity contribution in [3.8, 4) is 28.7 Å². The molecule has 0 fully saturated rings. The Hall–Kier alpha value is -2.84. The molecule has 2 heterocycles. The van der Waals surface area contributed by atoms with Crippen molar-refractivity contribution in [2.75, 3.05) is 27.9 Å². The molecule has 0 spiro atoms. The number of benzene rings is 2. The molecule has 1 aliphatic rings. The van der Waals surface area contributed by atoms with Crippen molar-refractivity contribution >= 4 is 12.2 Å². The number of methoxy groups -OCH3 is 3. The van der Waals surface area contributed by atoms with Crippen LogP contribution in [0.25, 0.3) is 11.5 Å². The molecule has 1 aromatic heterocycles. The lowest BCUT2D eigenvalue weighted by atomic mass is 9.99. The molecule has 1 atom stereocenters. The van der Waals surface area contributed by atoms with E-state index < -0.39 is 0 Å². The topological polar surface area (TPSA) is 63.1 Å². The molecule has 0 bridgehead atoms. The van der Waals surface area contributed by atoms with Crippen LogP contribution in [0.4, 0.5) is 0 Å². The van der Waals surface area contributed by atoms with Gasteiger partial charge in [-0.05, 0) is 54.2 Å². The summed E-state index contributed by atoms with van der Waals surface area (Å²) in [7, 11) is 4.96. The summed E-state index contributed by atoms with van der Waals surface area (Å²) in [6.07, 6.45) is 0.960. The monoisotopic (exact) mass is 414 g/mol. The Balaban J connectivity index is 1.52. The molecule has 1 aliphatic heterocycles. The maximum Gasteiger partial charge on any atom is 0.292 e. The van der Waals surface area contributed by atoms with Gasteiger partial charge in [0.2, 0.25) is 5.89 Å². The molecule has 29 heavy (non-hydrogen) atoms. The fraction of sp³-hybridized carbons (Fsp3) is 0.333. The van der Waals surface area contributed by atoms with E-state index in [0.717, 1.165) is 42.3 Å². The summed E-state index contributed by atoms with van der Waals surface area (Å²) in [6, 6.07) is 11.7. The molecular weight excluding hydrogens is 390 g/mol. The summed E-state index contributed by atoms with van der Waals surface area (Å²) in [6.45, 7) is 2.49. The van der Waals surface area contributed by atoms with Crippen LogP contribution < -0.4 is 19.1 Å². The largest absolute Gasteiger partial charge is 0.497 e. The summed E-state index contributed by atoms with van der Waals surface area (Å²) in [5, 5.41) is 4.59. The van der Waals surface area contributed by atoms with Crippen molar-refractivity contribution in [3.63, 3.8) is 0 Å². The molecule has 152 valence electrons. The number of rotatable bonds is 6. The third-order valence-electron chi connectivity index (χ3n) is 5.21. The average molecular weight is 415 g/mol. The summed E-state index contributed by atoms with van der Waals surface area (Å²) < 4.78 is 23.6. The third-order valence-corrected chi connectivity index (χ3v) is 5.50. The van der Waals surface area contributed by atoms with Crippen molar-refractivity contribution in [1.29, 1.82) is 0 Å². The number of quaternary nitrogens is 1. The molecule has 4 rings (SSSR count). The Bertz CT molecular complexity index is 1060. The van der Waals surface area contributed by atoms with Crippen LogP contribution in [-0.4, -0.2) is 37.7 Å². The molecule has 8 heteroatoms. The smallest absolute Gasteiger partial charge is 0.292 e. The van der Waals surface area contributed by atoms with Crippen molar-refractivity contribution in [3.05, 3.63) is 52.4 Å². The first-order valence-electron chi connectivity index (χ1n) is 9.41. The highest BCUT2D eigenvalue weighted by molar-refractivity contribution is 7.71. The molecule has 2 aromatic carbocycles. The van der Waals surface area contributed by atoms with Gasteiger partial charge in [-0.3, -0.25) is 0 Å². The molecule has 1 N–H and O–H groups in total. The van der Waals surface area contributed by atoms with Gasteiger partial charge in [-0.25, -0.2) is 0 Å². The minimum absolute atomic E-state index is 0.376. The van der Waals surface area contributed by atoms with E-state index in [0.29, 0.717) is 17.4 Å². The predicted molar refractivity (Wildman–Crippen MR) is 110 cm³/mol. The molecule has 1 unspecified atom stereocenters. The Labute approximate surface area is 174 Å². The van der Waals surface area contributed by atoms with Crippen molar-refractivity contribution in [1.82, 2.24) is 9.78 Å². The SMILES string of the molecule is COc1ccc(-c2nn(C[NH+]3CCc4cc(OC)c(OC)cc4C3)c(=S)o2)cc1. The predicted octanol–water partition coefficient (Wildman–Crippen LogP) is 2.50. The average Bonchev–Trinajstić information content (AvgIpc) is 3.12. The normalized spacial score (nSPS) is 15.6. The first kappa shape index (κ1) is 19.5. The molecule has 0 radical (unpaired) electrons. The lowest BCUT2D eigenvalue weighted by molar-refractivity contribution is -0.939. The number of ether oxygens (including phenoxy) is 3. The number of fused-ring (bicyclic) bond motifs is 1. The number of aromatic nitrogens is 2. The van der Waals surface area contributed by atoms with E-state index in [1.807, 2.05) is 24.3 Å². The first-order valence-corrected chi connectivity index (χ1v) is 9.82. The van der Waals surface area contributed by atoms with Crippen molar-refractivity contribution in [2.45, 2.75) is 19.6 Å². The Morgan fingerprint density at radius 3 is 2.38 bits per heavy atom. The maximum absolute atomic E-state index is 5.73. The van der Waals surface area contributed by atoms with Gasteiger partial charge in [0.05, 0.1) is 27.9 Å². The second kappa shape index (κ2) is 8.26. The van der Waals surface area contributed by atoms with Crippen molar-refractivity contribution in [2.24, 2.45) is 0 Å². The van der Waals surface area contributed by atoms with Crippen LogP contribution in [0.15, 0.2) is 40.8 Å². The third kappa shape index (κ3) is 3.99. The van der Waals surface area contributed by atoms with E-state index in [4.69, 9.17) is 30.8 Å². The number of hydrogen-bond acceptors (Lipinski definition) is 6. The molecular formula is C21H24N3O4S+. The van der Waals surface area contributed by atoms with Gasteiger partial charge in [-0.1, -0.05) is 0 Å². The Morgan fingerprint density at radius 2 is 1.72 bits per heavy atom. The lowest BCUT2D eigenvalue weighted by Crippen LogP contribution is -3.11. The zero-order chi connectivity index (χ0) is 20.4. The zero-order valence-electron chi connectivity index (χ0n) is 16.7. The van der Waals surface area contributed by atoms with E-state index in [-0.39, 0.29) is 0 Å². The quantitative estimate of drug-likeness (QED) is 0.626. The van der Waals surface area contributed by atoms with Gasteiger partial charge in [0.25, 0.3) is 4.84 Å².